The van der Waals surface area contributed by atoms with Crippen molar-refractivity contribution in [3.63, 3.8) is 0 Å². The lowest BCUT2D eigenvalue weighted by Crippen LogP contribution is -2.31. The minimum atomic E-state index is -1.44. The van der Waals surface area contributed by atoms with Crippen LogP contribution >= 0.6 is 0 Å². The maximum atomic E-state index is 12.6. The van der Waals surface area contributed by atoms with Crippen molar-refractivity contribution in [2.75, 3.05) is 11.9 Å². The Balaban J connectivity index is 1.66. The van der Waals surface area contributed by atoms with Crippen molar-refractivity contribution in [3.8, 4) is 0 Å². The number of fused-ring (bicyclic) bond motifs is 1. The van der Waals surface area contributed by atoms with E-state index in [1.165, 1.54) is 37.3 Å². The Morgan fingerprint density at radius 1 is 1.11 bits per heavy atom. The summed E-state index contributed by atoms with van der Waals surface area (Å²) in [6.07, 6.45) is 0.843. The molecule has 1 amide bonds. The molecule has 0 aliphatic rings. The molecule has 0 saturated heterocycles. The lowest BCUT2D eigenvalue weighted by atomic mass is 10.2. The minimum absolute atomic E-state index is 0.135. The largest absolute Gasteiger partial charge is 0.461 e. The van der Waals surface area contributed by atoms with Gasteiger partial charge < -0.3 is 24.8 Å². The second-order valence-electron chi connectivity index (χ2n) is 7.15. The summed E-state index contributed by atoms with van der Waals surface area (Å²) < 4.78 is 9.54. The number of benzene rings is 2. The number of carbonyl (C=O) groups excluding carboxylic acids is 4. The average Bonchev–Trinajstić information content (AvgIpc) is 3.18. The molecule has 0 saturated carbocycles. The molecule has 1 atom stereocenters. The van der Waals surface area contributed by atoms with Crippen LogP contribution in [0.1, 0.15) is 23.7 Å². The van der Waals surface area contributed by atoms with Gasteiger partial charge >= 0.3 is 17.6 Å². The zero-order chi connectivity index (χ0) is 25.4. The molecule has 180 valence electrons. The van der Waals surface area contributed by atoms with E-state index in [2.05, 4.69) is 36.8 Å². The van der Waals surface area contributed by atoms with Gasteiger partial charge in [-0.1, -0.05) is 12.6 Å². The molecule has 3 aromatic rings. The number of esters is 2. The summed E-state index contributed by atoms with van der Waals surface area (Å²) in [6.45, 7) is 4.26. The zero-order valence-corrected chi connectivity index (χ0v) is 18.6. The quantitative estimate of drug-likeness (QED) is 0.173. The van der Waals surface area contributed by atoms with Crippen molar-refractivity contribution >= 4 is 46.0 Å². The Kier molecular flexibility index (Phi) is 8.01. The number of imidazole rings is 1. The van der Waals surface area contributed by atoms with E-state index in [1.54, 1.807) is 12.1 Å². The molecule has 0 aliphatic carbocycles. The first kappa shape index (κ1) is 24.8. The van der Waals surface area contributed by atoms with Crippen molar-refractivity contribution < 1.29 is 28.7 Å². The summed E-state index contributed by atoms with van der Waals surface area (Å²) >= 11 is 0. The van der Waals surface area contributed by atoms with Crippen molar-refractivity contribution in [1.82, 2.24) is 9.97 Å². The second-order valence-corrected chi connectivity index (χ2v) is 7.15. The van der Waals surface area contributed by atoms with Gasteiger partial charge in [-0.2, -0.15) is 10.2 Å². The first-order valence-electron chi connectivity index (χ1n) is 10.3. The van der Waals surface area contributed by atoms with Crippen LogP contribution in [0.4, 0.5) is 11.4 Å². The van der Waals surface area contributed by atoms with E-state index in [0.717, 1.165) is 6.26 Å². The topological polar surface area (TPSA) is 172 Å². The van der Waals surface area contributed by atoms with Gasteiger partial charge in [0.15, 0.2) is 5.78 Å². The number of H-pyrrole nitrogens is 2. The van der Waals surface area contributed by atoms with Crippen LogP contribution < -0.4 is 11.0 Å². The van der Waals surface area contributed by atoms with E-state index >= 15 is 0 Å². The van der Waals surface area contributed by atoms with Crippen LogP contribution in [0.25, 0.3) is 11.0 Å². The summed E-state index contributed by atoms with van der Waals surface area (Å²) in [5.41, 5.74) is 1.34. The first-order valence-corrected chi connectivity index (χ1v) is 10.3. The third kappa shape index (κ3) is 6.81. The van der Waals surface area contributed by atoms with Crippen molar-refractivity contribution in [3.05, 3.63) is 71.4 Å². The number of aromatic nitrogens is 2. The van der Waals surface area contributed by atoms with Gasteiger partial charge in [-0.05, 0) is 43.3 Å². The Bertz CT molecular complexity index is 1370. The molecule has 0 bridgehead atoms. The molecule has 0 radical (unpaired) electrons. The number of nitrogens with one attached hydrogen (secondary N) is 3. The molecule has 0 aliphatic heterocycles. The lowest BCUT2D eigenvalue weighted by Gasteiger charge is -2.09. The summed E-state index contributed by atoms with van der Waals surface area (Å²) in [5, 5.41) is 10.3. The Morgan fingerprint density at radius 3 is 2.63 bits per heavy atom. The van der Waals surface area contributed by atoms with E-state index < -0.39 is 29.7 Å². The number of Topliss-reactive ketones (excluding diaryl/α,β-unsaturated/α-hetero) is 1. The Labute approximate surface area is 198 Å². The van der Waals surface area contributed by atoms with Crippen molar-refractivity contribution in [2.24, 2.45) is 10.2 Å². The highest BCUT2D eigenvalue weighted by Crippen LogP contribution is 2.18. The number of hydrogen-bond acceptors (Lipinski definition) is 9. The van der Waals surface area contributed by atoms with E-state index in [1.807, 2.05) is 0 Å². The summed E-state index contributed by atoms with van der Waals surface area (Å²) in [7, 11) is 0. The fourth-order valence-corrected chi connectivity index (χ4v) is 2.92. The third-order valence-corrected chi connectivity index (χ3v) is 4.54. The van der Waals surface area contributed by atoms with Gasteiger partial charge in [0.2, 0.25) is 6.04 Å². The molecular formula is C23H21N5O7. The third-order valence-electron chi connectivity index (χ3n) is 4.54. The number of hydrogen-bond donors (Lipinski definition) is 3. The number of amides is 1. The van der Waals surface area contributed by atoms with Crippen LogP contribution in [-0.2, 0) is 23.9 Å². The summed E-state index contributed by atoms with van der Waals surface area (Å²) in [6, 6.07) is 9.12. The number of ether oxygens (including phenoxy) is 2. The first-order chi connectivity index (χ1) is 16.8. The van der Waals surface area contributed by atoms with Gasteiger partial charge in [-0.25, -0.2) is 9.59 Å². The number of aromatic amines is 2. The molecule has 3 N–H and O–H groups in total. The predicted octanol–water partition coefficient (Wildman–Crippen LogP) is 2.77. The van der Waals surface area contributed by atoms with E-state index in [-0.39, 0.29) is 30.0 Å². The van der Waals surface area contributed by atoms with Gasteiger partial charge in [0.05, 0.1) is 35.0 Å². The standard InChI is InChI=1S/C23H21N5O7/c1-3-34-19(30)9-10-35-22(32)14-5-4-6-16(11-14)27-28-20(13(2)29)21(31)24-15-7-8-17-18(12-15)26-23(33)25-17/h3-8,11-12,20H,1,9-10H2,2H3,(H,24,31)(H2,25,26,33). The molecule has 35 heavy (non-hydrogen) atoms. The van der Waals surface area contributed by atoms with Crippen molar-refractivity contribution in [1.29, 1.82) is 0 Å². The lowest BCUT2D eigenvalue weighted by molar-refractivity contribution is -0.138. The number of anilines is 1. The maximum Gasteiger partial charge on any atom is 0.338 e. The van der Waals surface area contributed by atoms with E-state index in [4.69, 9.17) is 4.74 Å². The maximum absolute atomic E-state index is 12.6. The summed E-state index contributed by atoms with van der Waals surface area (Å²) in [5.74, 6) is -2.57. The average molecular weight is 479 g/mol. The zero-order valence-electron chi connectivity index (χ0n) is 18.6. The number of ketones is 1. The number of azo groups is 1. The highest BCUT2D eigenvalue weighted by Gasteiger charge is 2.23. The van der Waals surface area contributed by atoms with E-state index in [0.29, 0.717) is 16.7 Å². The molecule has 1 unspecified atom stereocenters. The highest BCUT2D eigenvalue weighted by molar-refractivity contribution is 6.10. The fourth-order valence-electron chi connectivity index (χ4n) is 2.92. The van der Waals surface area contributed by atoms with Crippen LogP contribution in [0.15, 0.2) is 70.3 Å². The molecule has 2 aromatic carbocycles. The molecule has 12 heteroatoms. The molecule has 0 fully saturated rings. The number of nitrogens with zero attached hydrogens (tertiary/aromatic N) is 2. The molecule has 0 spiro atoms. The minimum Gasteiger partial charge on any atom is -0.461 e. The molecule has 1 heterocycles. The van der Waals surface area contributed by atoms with Crippen LogP contribution in [0.3, 0.4) is 0 Å². The Hall–Kier alpha value is -4.87. The fraction of sp³-hybridized carbons (Fsp3) is 0.174. The number of rotatable bonds is 10. The van der Waals surface area contributed by atoms with Crippen LogP contribution in [-0.4, -0.2) is 46.2 Å². The van der Waals surface area contributed by atoms with Gasteiger partial charge in [0.1, 0.15) is 6.61 Å². The smallest absolute Gasteiger partial charge is 0.338 e. The van der Waals surface area contributed by atoms with Crippen molar-refractivity contribution in [2.45, 2.75) is 19.4 Å². The highest BCUT2D eigenvalue weighted by atomic mass is 16.5. The molecule has 1 aromatic heterocycles. The monoisotopic (exact) mass is 479 g/mol. The second kappa shape index (κ2) is 11.3. The molecule has 12 nitrogen and oxygen atoms in total. The van der Waals surface area contributed by atoms with Gasteiger partial charge in [-0.15, -0.1) is 0 Å². The molecule has 3 rings (SSSR count). The van der Waals surface area contributed by atoms with Gasteiger partial charge in [0, 0.05) is 5.69 Å². The van der Waals surface area contributed by atoms with E-state index in [9.17, 15) is 24.0 Å². The summed E-state index contributed by atoms with van der Waals surface area (Å²) in [4.78, 5) is 64.6. The predicted molar refractivity (Wildman–Crippen MR) is 124 cm³/mol. The van der Waals surface area contributed by atoms with Crippen LogP contribution in [0, 0.1) is 0 Å². The van der Waals surface area contributed by atoms with Crippen LogP contribution in [0.2, 0.25) is 0 Å². The Morgan fingerprint density at radius 2 is 1.89 bits per heavy atom. The number of carbonyl (C=O) groups is 4. The molecular weight excluding hydrogens is 458 g/mol. The van der Waals surface area contributed by atoms with Gasteiger partial charge in [0.25, 0.3) is 5.91 Å². The van der Waals surface area contributed by atoms with Crippen LogP contribution in [0.5, 0.6) is 0 Å². The SMILES string of the molecule is C=COC(=O)CCOC(=O)c1cccc(N=NC(C(C)=O)C(=O)Nc2ccc3[nH]c(=O)[nH]c3c2)c1. The normalized spacial score (nSPS) is 11.7. The van der Waals surface area contributed by atoms with Gasteiger partial charge in [-0.3, -0.25) is 14.4 Å².